The Labute approximate surface area is 114 Å². The molecule has 0 atom stereocenters. The van der Waals surface area contributed by atoms with Crippen LogP contribution in [0.4, 0.5) is 0 Å². The predicted octanol–water partition coefficient (Wildman–Crippen LogP) is 1.99. The van der Waals surface area contributed by atoms with E-state index < -0.39 is 5.60 Å². The van der Waals surface area contributed by atoms with Gasteiger partial charge in [0.2, 0.25) is 5.91 Å². The first-order chi connectivity index (χ1) is 9.17. The Morgan fingerprint density at radius 1 is 1.26 bits per heavy atom. The minimum absolute atomic E-state index is 0.196. The van der Waals surface area contributed by atoms with Crippen LogP contribution in [0.3, 0.4) is 0 Å². The monoisotopic (exact) mass is 259 g/mol. The second-order valence-electron chi connectivity index (χ2n) is 5.97. The average molecular weight is 259 g/mol. The number of nitrogens with zero attached hydrogens (tertiary/aromatic N) is 1. The minimum atomic E-state index is -0.547. The molecule has 0 radical (unpaired) electrons. The van der Waals surface area contributed by atoms with Crippen molar-refractivity contribution in [2.45, 2.75) is 37.7 Å². The van der Waals surface area contributed by atoms with E-state index in [-0.39, 0.29) is 5.91 Å². The largest absolute Gasteiger partial charge is 0.386 e. The van der Waals surface area contributed by atoms with Gasteiger partial charge in [-0.2, -0.15) is 0 Å². The van der Waals surface area contributed by atoms with E-state index in [9.17, 15) is 9.90 Å². The summed E-state index contributed by atoms with van der Waals surface area (Å²) in [6.07, 6.45) is 4.70. The van der Waals surface area contributed by atoms with Gasteiger partial charge in [0.25, 0.3) is 0 Å². The van der Waals surface area contributed by atoms with E-state index in [1.165, 1.54) is 5.56 Å². The van der Waals surface area contributed by atoms with Gasteiger partial charge in [-0.15, -0.1) is 0 Å². The van der Waals surface area contributed by atoms with Gasteiger partial charge in [0.05, 0.1) is 13.1 Å². The molecule has 3 rings (SSSR count). The summed E-state index contributed by atoms with van der Waals surface area (Å²) >= 11 is 0. The minimum Gasteiger partial charge on any atom is -0.386 e. The number of carbonyl (C=O) groups excluding carboxylic acids is 1. The Morgan fingerprint density at radius 2 is 1.95 bits per heavy atom. The van der Waals surface area contributed by atoms with Crippen LogP contribution in [0.2, 0.25) is 0 Å². The van der Waals surface area contributed by atoms with Gasteiger partial charge >= 0.3 is 0 Å². The van der Waals surface area contributed by atoms with E-state index >= 15 is 0 Å². The third kappa shape index (κ3) is 2.81. The predicted molar refractivity (Wildman–Crippen MR) is 73.6 cm³/mol. The molecule has 0 spiro atoms. The molecule has 3 heteroatoms. The Bertz CT molecular complexity index is 447. The summed E-state index contributed by atoms with van der Waals surface area (Å²) < 4.78 is 0. The molecule has 1 N–H and O–H groups in total. The number of aliphatic hydroxyl groups is 1. The van der Waals surface area contributed by atoms with E-state index in [0.29, 0.717) is 25.4 Å². The second kappa shape index (κ2) is 4.97. The molecule has 1 aromatic carbocycles. The van der Waals surface area contributed by atoms with Gasteiger partial charge in [-0.25, -0.2) is 0 Å². The van der Waals surface area contributed by atoms with Crippen molar-refractivity contribution in [1.82, 2.24) is 4.90 Å². The lowest BCUT2D eigenvalue weighted by Crippen LogP contribution is -2.64. The van der Waals surface area contributed by atoms with Crippen LogP contribution in [0.5, 0.6) is 0 Å². The smallest absolute Gasteiger partial charge is 0.222 e. The van der Waals surface area contributed by atoms with Crippen molar-refractivity contribution in [1.29, 1.82) is 0 Å². The summed E-state index contributed by atoms with van der Waals surface area (Å²) in [6, 6.07) is 10.3. The molecule has 19 heavy (non-hydrogen) atoms. The van der Waals surface area contributed by atoms with Crippen molar-refractivity contribution in [2.24, 2.45) is 5.92 Å². The van der Waals surface area contributed by atoms with Crippen LogP contribution in [0.15, 0.2) is 30.3 Å². The third-order valence-electron chi connectivity index (χ3n) is 4.32. The Kier molecular flexibility index (Phi) is 3.31. The molecule has 1 aliphatic carbocycles. The highest BCUT2D eigenvalue weighted by Gasteiger charge is 2.52. The van der Waals surface area contributed by atoms with Gasteiger partial charge in [-0.05, 0) is 37.2 Å². The SMILES string of the molecule is O=C(CCCc1ccccc1)N1CC(O)(C2CC2)C1. The Balaban J connectivity index is 1.38. The number of β-amino-alcohol motifs (C(OH)–C–C–N with tert-alkyl or cyclic N) is 1. The average Bonchev–Trinajstić information content (AvgIpc) is 3.20. The van der Waals surface area contributed by atoms with Gasteiger partial charge in [-0.1, -0.05) is 30.3 Å². The highest BCUT2D eigenvalue weighted by atomic mass is 16.3. The van der Waals surface area contributed by atoms with Crippen LogP contribution >= 0.6 is 0 Å². The number of likely N-dealkylation sites (tertiary alicyclic amines) is 1. The van der Waals surface area contributed by atoms with E-state index in [0.717, 1.165) is 25.7 Å². The van der Waals surface area contributed by atoms with Gasteiger partial charge in [-0.3, -0.25) is 4.79 Å². The topological polar surface area (TPSA) is 40.5 Å². The van der Waals surface area contributed by atoms with Crippen molar-refractivity contribution in [3.05, 3.63) is 35.9 Å². The van der Waals surface area contributed by atoms with Crippen molar-refractivity contribution < 1.29 is 9.90 Å². The lowest BCUT2D eigenvalue weighted by molar-refractivity contribution is -0.159. The molecule has 0 aromatic heterocycles. The zero-order valence-corrected chi connectivity index (χ0v) is 11.2. The van der Waals surface area contributed by atoms with E-state index in [2.05, 4.69) is 12.1 Å². The Hall–Kier alpha value is -1.35. The maximum absolute atomic E-state index is 12.0. The standard InChI is InChI=1S/C16H21NO2/c18-15(8-4-7-13-5-2-1-3-6-13)17-11-16(19,12-17)14-9-10-14/h1-3,5-6,14,19H,4,7-12H2. The zero-order chi connectivity index (χ0) is 13.3. The van der Waals surface area contributed by atoms with Gasteiger partial charge in [0, 0.05) is 6.42 Å². The zero-order valence-electron chi connectivity index (χ0n) is 11.2. The summed E-state index contributed by atoms with van der Waals surface area (Å²) in [4.78, 5) is 13.8. The molecule has 1 aliphatic heterocycles. The number of hydrogen-bond acceptors (Lipinski definition) is 2. The van der Waals surface area contributed by atoms with Crippen LogP contribution in [0, 0.1) is 5.92 Å². The lowest BCUT2D eigenvalue weighted by atomic mass is 9.88. The number of rotatable bonds is 5. The molecule has 1 heterocycles. The Morgan fingerprint density at radius 3 is 2.58 bits per heavy atom. The molecule has 1 saturated carbocycles. The fourth-order valence-corrected chi connectivity index (χ4v) is 2.92. The number of hydrogen-bond donors (Lipinski definition) is 1. The number of benzene rings is 1. The van der Waals surface area contributed by atoms with Crippen LogP contribution < -0.4 is 0 Å². The van der Waals surface area contributed by atoms with Gasteiger partial charge < -0.3 is 10.0 Å². The molecule has 2 fully saturated rings. The quantitative estimate of drug-likeness (QED) is 0.878. The summed E-state index contributed by atoms with van der Waals surface area (Å²) in [5.74, 6) is 0.655. The molecule has 1 aromatic rings. The fraction of sp³-hybridized carbons (Fsp3) is 0.562. The molecule has 1 amide bonds. The molecular weight excluding hydrogens is 238 g/mol. The summed E-state index contributed by atoms with van der Waals surface area (Å²) in [5, 5.41) is 10.2. The first kappa shape index (κ1) is 12.7. The number of amides is 1. The maximum Gasteiger partial charge on any atom is 0.222 e. The normalized spacial score (nSPS) is 21.0. The van der Waals surface area contributed by atoms with Crippen LogP contribution in [-0.2, 0) is 11.2 Å². The fourth-order valence-electron chi connectivity index (χ4n) is 2.92. The van der Waals surface area contributed by atoms with Crippen LogP contribution in [0.1, 0.15) is 31.2 Å². The molecule has 0 unspecified atom stereocenters. The molecule has 1 saturated heterocycles. The first-order valence-electron chi connectivity index (χ1n) is 7.21. The van der Waals surface area contributed by atoms with Gasteiger partial charge in [0.15, 0.2) is 0 Å². The van der Waals surface area contributed by atoms with Crippen molar-refractivity contribution in [2.75, 3.05) is 13.1 Å². The molecular formula is C16H21NO2. The van der Waals surface area contributed by atoms with Crippen LogP contribution in [0.25, 0.3) is 0 Å². The summed E-state index contributed by atoms with van der Waals surface area (Å²) in [7, 11) is 0. The highest BCUT2D eigenvalue weighted by Crippen LogP contribution is 2.44. The van der Waals surface area contributed by atoms with E-state index in [4.69, 9.17) is 0 Å². The van der Waals surface area contributed by atoms with Crippen molar-refractivity contribution in [3.63, 3.8) is 0 Å². The number of carbonyl (C=O) groups is 1. The lowest BCUT2D eigenvalue weighted by Gasteiger charge is -2.47. The molecule has 3 nitrogen and oxygen atoms in total. The van der Waals surface area contributed by atoms with E-state index in [1.54, 1.807) is 0 Å². The van der Waals surface area contributed by atoms with Crippen LogP contribution in [-0.4, -0.2) is 34.6 Å². The van der Waals surface area contributed by atoms with E-state index in [1.807, 2.05) is 23.1 Å². The van der Waals surface area contributed by atoms with Crippen molar-refractivity contribution in [3.8, 4) is 0 Å². The van der Waals surface area contributed by atoms with Gasteiger partial charge in [0.1, 0.15) is 5.60 Å². The molecule has 0 bridgehead atoms. The van der Waals surface area contributed by atoms with Crippen molar-refractivity contribution >= 4 is 5.91 Å². The molecule has 102 valence electrons. The maximum atomic E-state index is 12.0. The summed E-state index contributed by atoms with van der Waals surface area (Å²) in [6.45, 7) is 1.11. The number of aryl methyl sites for hydroxylation is 1. The second-order valence-corrected chi connectivity index (χ2v) is 5.97. The molecule has 2 aliphatic rings. The summed E-state index contributed by atoms with van der Waals surface area (Å²) in [5.41, 5.74) is 0.739. The third-order valence-corrected chi connectivity index (χ3v) is 4.32. The first-order valence-corrected chi connectivity index (χ1v) is 7.21. The highest BCUT2D eigenvalue weighted by molar-refractivity contribution is 5.77.